The van der Waals surface area contributed by atoms with E-state index in [0.29, 0.717) is 44.1 Å². The van der Waals surface area contributed by atoms with E-state index in [9.17, 15) is 14.4 Å². The Hall–Kier alpha value is -2.68. The zero-order valence-electron chi connectivity index (χ0n) is 16.9. The summed E-state index contributed by atoms with van der Waals surface area (Å²) >= 11 is 0. The van der Waals surface area contributed by atoms with Gasteiger partial charge < -0.3 is 14.5 Å². The lowest BCUT2D eigenvalue weighted by atomic mass is 9.93. The fourth-order valence-electron chi connectivity index (χ4n) is 4.38. The molecule has 9 heteroatoms. The molecule has 2 aliphatic rings. The molecule has 0 saturated carbocycles. The van der Waals surface area contributed by atoms with Crippen molar-refractivity contribution in [3.05, 3.63) is 33.9 Å². The summed E-state index contributed by atoms with van der Waals surface area (Å²) in [4.78, 5) is 45.4. The number of rotatable bonds is 5. The van der Waals surface area contributed by atoms with E-state index in [0.717, 1.165) is 18.5 Å². The van der Waals surface area contributed by atoms with Crippen LogP contribution in [0.5, 0.6) is 0 Å². The van der Waals surface area contributed by atoms with Gasteiger partial charge in [-0.1, -0.05) is 0 Å². The number of aromatic nitrogens is 3. The Morgan fingerprint density at radius 1 is 1.31 bits per heavy atom. The molecule has 156 valence electrons. The van der Waals surface area contributed by atoms with E-state index in [-0.39, 0.29) is 35.6 Å². The molecule has 9 nitrogen and oxygen atoms in total. The number of carbonyl (C=O) groups excluding carboxylic acids is 2. The molecule has 0 radical (unpaired) electrons. The van der Waals surface area contributed by atoms with Gasteiger partial charge in [0.2, 0.25) is 11.8 Å². The van der Waals surface area contributed by atoms with Crippen LogP contribution < -0.4 is 5.56 Å². The summed E-state index contributed by atoms with van der Waals surface area (Å²) in [6.07, 6.45) is 2.10. The van der Waals surface area contributed by atoms with Gasteiger partial charge in [-0.05, 0) is 19.8 Å². The van der Waals surface area contributed by atoms with Crippen LogP contribution in [0.1, 0.15) is 36.6 Å². The van der Waals surface area contributed by atoms with Crippen molar-refractivity contribution in [1.29, 1.82) is 0 Å². The Morgan fingerprint density at radius 3 is 2.93 bits per heavy atom. The number of carbonyl (C=O) groups is 2. The van der Waals surface area contributed by atoms with Crippen molar-refractivity contribution in [1.82, 2.24) is 24.4 Å². The first-order chi connectivity index (χ1) is 14.0. The van der Waals surface area contributed by atoms with Crippen molar-refractivity contribution in [2.75, 3.05) is 39.9 Å². The Kier molecular flexibility index (Phi) is 5.40. The highest BCUT2D eigenvalue weighted by Gasteiger charge is 2.37. The van der Waals surface area contributed by atoms with Gasteiger partial charge in [-0.2, -0.15) is 0 Å². The highest BCUT2D eigenvalue weighted by atomic mass is 16.5. The fourth-order valence-corrected chi connectivity index (χ4v) is 4.38. The molecule has 4 rings (SSSR count). The maximum atomic E-state index is 13.1. The Morgan fingerprint density at radius 2 is 2.14 bits per heavy atom. The normalized spacial score (nSPS) is 22.6. The first kappa shape index (κ1) is 19.6. The zero-order chi connectivity index (χ0) is 20.5. The number of piperidine rings is 1. The number of aromatic amines is 1. The third-order valence-electron chi connectivity index (χ3n) is 5.90. The summed E-state index contributed by atoms with van der Waals surface area (Å²) in [7, 11) is 1.60. The van der Waals surface area contributed by atoms with Crippen molar-refractivity contribution in [2.24, 2.45) is 5.92 Å². The van der Waals surface area contributed by atoms with Gasteiger partial charge in [-0.3, -0.25) is 19.5 Å². The third kappa shape index (κ3) is 3.91. The highest BCUT2D eigenvalue weighted by molar-refractivity contribution is 5.89. The molecule has 0 aliphatic carbocycles. The maximum Gasteiger partial charge on any atom is 0.272 e. The second kappa shape index (κ2) is 7.98. The molecule has 2 amide bonds. The van der Waals surface area contributed by atoms with Gasteiger partial charge in [0.15, 0.2) is 5.65 Å². The highest BCUT2D eigenvalue weighted by Crippen LogP contribution is 2.29. The van der Waals surface area contributed by atoms with Crippen molar-refractivity contribution in [2.45, 2.75) is 32.1 Å². The summed E-state index contributed by atoms with van der Waals surface area (Å²) in [5.74, 6) is -0.0980. The molecule has 2 aliphatic heterocycles. The van der Waals surface area contributed by atoms with Crippen LogP contribution in [-0.4, -0.2) is 76.1 Å². The van der Waals surface area contributed by atoms with E-state index in [4.69, 9.17) is 4.74 Å². The molecule has 0 spiro atoms. The maximum absolute atomic E-state index is 13.1. The molecule has 0 bridgehead atoms. The number of fused-ring (bicyclic) bond motifs is 1. The summed E-state index contributed by atoms with van der Waals surface area (Å²) in [5, 5.41) is 3.15. The van der Waals surface area contributed by atoms with Crippen LogP contribution in [0.25, 0.3) is 5.65 Å². The molecule has 2 fully saturated rings. The van der Waals surface area contributed by atoms with Crippen LogP contribution in [0.3, 0.4) is 0 Å². The molecule has 2 saturated heterocycles. The second-order valence-electron chi connectivity index (χ2n) is 8.00. The van der Waals surface area contributed by atoms with Crippen molar-refractivity contribution < 1.29 is 14.3 Å². The van der Waals surface area contributed by atoms with E-state index in [1.54, 1.807) is 18.9 Å². The van der Waals surface area contributed by atoms with E-state index in [1.165, 1.54) is 10.6 Å². The lowest BCUT2D eigenvalue weighted by molar-refractivity contribution is -0.137. The van der Waals surface area contributed by atoms with Crippen LogP contribution in [0, 0.1) is 12.8 Å². The monoisotopic (exact) mass is 401 g/mol. The van der Waals surface area contributed by atoms with Crippen molar-refractivity contribution >= 4 is 17.5 Å². The minimum Gasteiger partial charge on any atom is -0.383 e. The number of nitrogens with one attached hydrogen (secondary N) is 1. The number of aryl methyl sites for hydroxylation is 1. The molecule has 2 unspecified atom stereocenters. The number of hydrogen-bond donors (Lipinski definition) is 1. The van der Waals surface area contributed by atoms with E-state index in [2.05, 4.69) is 10.1 Å². The van der Waals surface area contributed by atoms with Gasteiger partial charge in [-0.15, -0.1) is 0 Å². The molecule has 2 aromatic heterocycles. The lowest BCUT2D eigenvalue weighted by Crippen LogP contribution is -2.43. The van der Waals surface area contributed by atoms with Crippen LogP contribution in [0.4, 0.5) is 0 Å². The standard InChI is InChI=1S/C20H27N5O4/c1-13-8-19(27)25-17(21-13)10-16(22-25)14-4-3-5-24(11-14)20(28)15-9-18(26)23(12-15)6-7-29-2/h8,10,14-15,22H,3-7,9,11-12H2,1-2H3. The first-order valence-corrected chi connectivity index (χ1v) is 10.1. The Labute approximate surface area is 168 Å². The molecule has 1 N–H and O–H groups in total. The number of hydrogen-bond acceptors (Lipinski definition) is 5. The van der Waals surface area contributed by atoms with Crippen LogP contribution in [0.15, 0.2) is 16.9 Å². The minimum atomic E-state index is -0.284. The number of methoxy groups -OCH3 is 1. The SMILES string of the molecule is COCCN1CC(C(=O)N2CCCC(c3cc4nc(C)cc(=O)n4[nH]3)C2)CC1=O. The van der Waals surface area contributed by atoms with Gasteiger partial charge in [-0.25, -0.2) is 9.50 Å². The van der Waals surface area contributed by atoms with E-state index < -0.39 is 0 Å². The van der Waals surface area contributed by atoms with E-state index in [1.807, 2.05) is 11.0 Å². The molecular formula is C20H27N5O4. The molecular weight excluding hydrogens is 374 g/mol. The zero-order valence-corrected chi connectivity index (χ0v) is 16.9. The van der Waals surface area contributed by atoms with Gasteiger partial charge in [0, 0.05) is 69.1 Å². The smallest absolute Gasteiger partial charge is 0.272 e. The van der Waals surface area contributed by atoms with E-state index >= 15 is 0 Å². The molecule has 2 aromatic rings. The summed E-state index contributed by atoms with van der Waals surface area (Å²) in [6.45, 7) is 4.56. The van der Waals surface area contributed by atoms with Crippen LogP contribution in [0.2, 0.25) is 0 Å². The van der Waals surface area contributed by atoms with Gasteiger partial charge in [0.1, 0.15) is 0 Å². The quantitative estimate of drug-likeness (QED) is 0.788. The third-order valence-corrected chi connectivity index (χ3v) is 5.90. The molecule has 0 aromatic carbocycles. The Bertz CT molecular complexity index is 981. The van der Waals surface area contributed by atoms with Gasteiger partial charge in [0.25, 0.3) is 5.56 Å². The summed E-state index contributed by atoms with van der Waals surface area (Å²) < 4.78 is 6.50. The van der Waals surface area contributed by atoms with Crippen molar-refractivity contribution in [3.63, 3.8) is 0 Å². The molecule has 2 atom stereocenters. The van der Waals surface area contributed by atoms with Crippen LogP contribution >= 0.6 is 0 Å². The molecule has 29 heavy (non-hydrogen) atoms. The van der Waals surface area contributed by atoms with Crippen molar-refractivity contribution in [3.8, 4) is 0 Å². The Balaban J connectivity index is 1.46. The van der Waals surface area contributed by atoms with Gasteiger partial charge in [0.05, 0.1) is 12.5 Å². The largest absolute Gasteiger partial charge is 0.383 e. The lowest BCUT2D eigenvalue weighted by Gasteiger charge is -2.33. The summed E-state index contributed by atoms with van der Waals surface area (Å²) in [5.41, 5.74) is 2.07. The predicted molar refractivity (Wildman–Crippen MR) is 106 cm³/mol. The number of likely N-dealkylation sites (tertiary alicyclic amines) is 2. The average Bonchev–Trinajstić information content (AvgIpc) is 3.29. The predicted octanol–water partition coefficient (Wildman–Crippen LogP) is 0.532. The minimum absolute atomic E-state index is 0.0189. The topological polar surface area (TPSA) is 100 Å². The first-order valence-electron chi connectivity index (χ1n) is 10.1. The number of nitrogens with zero attached hydrogens (tertiary/aromatic N) is 4. The van der Waals surface area contributed by atoms with Gasteiger partial charge >= 0.3 is 0 Å². The second-order valence-corrected chi connectivity index (χ2v) is 8.00. The van der Waals surface area contributed by atoms with Crippen LogP contribution in [-0.2, 0) is 14.3 Å². The number of ether oxygens (including phenoxy) is 1. The number of amides is 2. The molecule has 4 heterocycles. The average molecular weight is 401 g/mol. The fraction of sp³-hybridized carbons (Fsp3) is 0.600. The summed E-state index contributed by atoms with van der Waals surface area (Å²) in [6, 6.07) is 3.40. The number of H-pyrrole nitrogens is 1.